The van der Waals surface area contributed by atoms with Crippen molar-refractivity contribution in [3.8, 4) is 0 Å². The molecule has 0 saturated heterocycles. The Hall–Kier alpha value is -0.963. The van der Waals surface area contributed by atoms with Gasteiger partial charge in [-0.15, -0.1) is 0 Å². The minimum Gasteiger partial charge on any atom is -0.300 e. The van der Waals surface area contributed by atoms with Crippen molar-refractivity contribution < 1.29 is 4.79 Å². The summed E-state index contributed by atoms with van der Waals surface area (Å²) < 4.78 is 0. The van der Waals surface area contributed by atoms with Crippen LogP contribution in [0.15, 0.2) is 0 Å². The van der Waals surface area contributed by atoms with Crippen LogP contribution in [-0.4, -0.2) is 21.0 Å². The van der Waals surface area contributed by atoms with E-state index in [0.717, 1.165) is 27.7 Å². The molecule has 2 nitrogen and oxygen atoms in total. The maximum atomic E-state index is 11.0. The molecule has 3 heteroatoms. The van der Waals surface area contributed by atoms with E-state index in [1.807, 2.05) is 20.8 Å². The van der Waals surface area contributed by atoms with Crippen LogP contribution >= 0.6 is 0 Å². The van der Waals surface area contributed by atoms with Gasteiger partial charge in [0.05, 0.1) is 15.9 Å². The number of aryl methyl sites for hydroxylation is 1. The number of hydrogen-bond donors (Lipinski definition) is 0. The van der Waals surface area contributed by atoms with Crippen LogP contribution in [0.3, 0.4) is 0 Å². The van der Waals surface area contributed by atoms with Crippen molar-refractivity contribution in [2.24, 2.45) is 0 Å². The fourth-order valence-electron chi connectivity index (χ4n) is 1.38. The summed E-state index contributed by atoms with van der Waals surface area (Å²) in [5.41, 5.74) is 4.08. The summed E-state index contributed by atoms with van der Waals surface area (Å²) in [5, 5.41) is 1.06. The van der Waals surface area contributed by atoms with Gasteiger partial charge in [0.2, 0.25) is 0 Å². The van der Waals surface area contributed by atoms with Crippen molar-refractivity contribution in [2.75, 3.05) is 0 Å². The summed E-state index contributed by atoms with van der Waals surface area (Å²) in [4.78, 5) is 15.4. The van der Waals surface area contributed by atoms with Gasteiger partial charge in [-0.25, -0.2) is 0 Å². The number of rotatable bonds is 2. The monoisotopic (exact) mass is 204 g/mol. The molecule has 1 aromatic heterocycles. The van der Waals surface area contributed by atoms with E-state index < -0.39 is 0 Å². The van der Waals surface area contributed by atoms with E-state index in [1.54, 1.807) is 6.92 Å². The van der Waals surface area contributed by atoms with E-state index in [9.17, 15) is 4.79 Å². The molecule has 0 fully saturated rings. The Balaban J connectivity index is 3.25. The smallest absolute Gasteiger partial charge is 0.135 e. The average molecular weight is 204 g/mol. The molecule has 1 heterocycles. The normalized spacial score (nSPS) is 10.4. The first-order valence-corrected chi connectivity index (χ1v) is 5.11. The molecule has 14 heavy (non-hydrogen) atoms. The van der Waals surface area contributed by atoms with Crippen LogP contribution in [0, 0.1) is 20.8 Å². The predicted molar refractivity (Wildman–Crippen MR) is 58.2 cm³/mol. The zero-order chi connectivity index (χ0) is 10.9. The zero-order valence-corrected chi connectivity index (χ0v) is 10.1. The zero-order valence-electron chi connectivity index (χ0n) is 9.06. The summed E-state index contributed by atoms with van der Waals surface area (Å²) in [7, 11) is 3.57. The van der Waals surface area contributed by atoms with Gasteiger partial charge in [-0.1, -0.05) is 5.19 Å². The van der Waals surface area contributed by atoms with Crippen molar-refractivity contribution >= 4 is 21.2 Å². The van der Waals surface area contributed by atoms with Crippen LogP contribution in [0.2, 0.25) is 0 Å². The van der Waals surface area contributed by atoms with Crippen LogP contribution in [-0.2, 0) is 11.2 Å². The molecule has 73 valence electrons. The van der Waals surface area contributed by atoms with Gasteiger partial charge in [0.15, 0.2) is 0 Å². The highest BCUT2D eigenvalue weighted by Crippen LogP contribution is 2.09. The van der Waals surface area contributed by atoms with E-state index in [2.05, 4.69) is 15.2 Å². The second kappa shape index (κ2) is 4.05. The first kappa shape index (κ1) is 11.1. The Morgan fingerprint density at radius 2 is 1.86 bits per heavy atom. The van der Waals surface area contributed by atoms with Crippen molar-refractivity contribution in [2.45, 2.75) is 34.1 Å². The molecule has 0 aliphatic carbocycles. The summed E-state index contributed by atoms with van der Waals surface area (Å²) in [6, 6.07) is 0. The van der Waals surface area contributed by atoms with Gasteiger partial charge in [0, 0.05) is 12.1 Å². The Morgan fingerprint density at radius 1 is 1.29 bits per heavy atom. The molecule has 1 aromatic rings. The molecular formula is C11H14NOSi. The molecular weight excluding hydrogens is 190 g/mol. The molecule has 0 N–H and O–H groups in total. The van der Waals surface area contributed by atoms with Crippen LogP contribution in [0.4, 0.5) is 0 Å². The number of carbonyl (C=O) groups is 1. The van der Waals surface area contributed by atoms with Gasteiger partial charge in [0.1, 0.15) is 5.78 Å². The lowest BCUT2D eigenvalue weighted by Gasteiger charge is -2.11. The average Bonchev–Trinajstić information content (AvgIpc) is 2.10. The van der Waals surface area contributed by atoms with E-state index in [0.29, 0.717) is 6.42 Å². The second-order valence-corrected chi connectivity index (χ2v) is 4.15. The van der Waals surface area contributed by atoms with Crippen molar-refractivity contribution in [1.82, 2.24) is 4.98 Å². The third-order valence-corrected chi connectivity index (χ3v) is 3.19. The van der Waals surface area contributed by atoms with E-state index >= 15 is 0 Å². The Morgan fingerprint density at radius 3 is 2.36 bits per heavy atom. The van der Waals surface area contributed by atoms with Crippen molar-refractivity contribution in [1.29, 1.82) is 0 Å². The molecule has 0 saturated carbocycles. The second-order valence-electron chi connectivity index (χ2n) is 3.65. The lowest BCUT2D eigenvalue weighted by atomic mass is 10.1. The molecule has 0 unspecified atom stereocenters. The van der Waals surface area contributed by atoms with Gasteiger partial charge in [-0.05, 0) is 38.8 Å². The molecule has 0 aromatic carbocycles. The molecule has 0 aliphatic rings. The first-order chi connectivity index (χ1) is 6.43. The van der Waals surface area contributed by atoms with Gasteiger partial charge in [-0.3, -0.25) is 9.78 Å². The minimum atomic E-state index is 0.148. The predicted octanol–water partition coefficient (Wildman–Crippen LogP) is 0.932. The third-order valence-electron chi connectivity index (χ3n) is 2.44. The Kier molecular flexibility index (Phi) is 3.21. The van der Waals surface area contributed by atoms with E-state index in [4.69, 9.17) is 0 Å². The van der Waals surface area contributed by atoms with E-state index in [1.165, 1.54) is 0 Å². The highest BCUT2D eigenvalue weighted by Gasteiger charge is 2.09. The van der Waals surface area contributed by atoms with E-state index in [-0.39, 0.29) is 5.78 Å². The molecule has 0 spiro atoms. The standard InChI is InChI=1S/C11H14NOSi/c1-6(13)5-10-8(3)11(14)7(2)9(4)12-10/h5H2,1-4H3. The molecule has 0 atom stereocenters. The summed E-state index contributed by atoms with van der Waals surface area (Å²) in [6.45, 7) is 7.56. The topological polar surface area (TPSA) is 30.0 Å². The van der Waals surface area contributed by atoms with Gasteiger partial charge in [0.25, 0.3) is 0 Å². The first-order valence-electron chi connectivity index (χ1n) is 4.61. The number of nitrogens with zero attached hydrogens (tertiary/aromatic N) is 1. The Labute approximate surface area is 88.2 Å². The highest BCUT2D eigenvalue weighted by atomic mass is 28.1. The van der Waals surface area contributed by atoms with Crippen LogP contribution in [0.5, 0.6) is 0 Å². The molecule has 0 amide bonds. The number of ketones is 1. The largest absolute Gasteiger partial charge is 0.300 e. The molecule has 3 radical (unpaired) electrons. The highest BCUT2D eigenvalue weighted by molar-refractivity contribution is 6.34. The van der Waals surface area contributed by atoms with Crippen LogP contribution < -0.4 is 5.19 Å². The SMILES string of the molecule is CC(=O)Cc1nc(C)c(C)c([Si])c1C. The summed E-state index contributed by atoms with van der Waals surface area (Å²) >= 11 is 0. The molecule has 0 bridgehead atoms. The summed E-state index contributed by atoms with van der Waals surface area (Å²) in [5.74, 6) is 0.148. The lowest BCUT2D eigenvalue weighted by molar-refractivity contribution is -0.116. The maximum Gasteiger partial charge on any atom is 0.135 e. The molecule has 1 rings (SSSR count). The number of hydrogen-bond acceptors (Lipinski definition) is 2. The lowest BCUT2D eigenvalue weighted by Crippen LogP contribution is -2.19. The minimum absolute atomic E-state index is 0.148. The van der Waals surface area contributed by atoms with Gasteiger partial charge < -0.3 is 0 Å². The Bertz CT molecular complexity index is 385. The fourth-order valence-corrected chi connectivity index (χ4v) is 1.71. The number of Topliss-reactive ketones (excluding diaryl/α,β-unsaturated/α-hetero) is 1. The van der Waals surface area contributed by atoms with Crippen LogP contribution in [0.25, 0.3) is 0 Å². The van der Waals surface area contributed by atoms with Crippen molar-refractivity contribution in [3.63, 3.8) is 0 Å². The van der Waals surface area contributed by atoms with Crippen LogP contribution in [0.1, 0.15) is 29.4 Å². The van der Waals surface area contributed by atoms with Gasteiger partial charge >= 0.3 is 0 Å². The number of carbonyl (C=O) groups excluding carboxylic acids is 1. The fraction of sp³-hybridized carbons (Fsp3) is 0.455. The van der Waals surface area contributed by atoms with Crippen molar-refractivity contribution in [3.05, 3.63) is 22.5 Å². The third kappa shape index (κ3) is 2.10. The maximum absolute atomic E-state index is 11.0. The quantitative estimate of drug-likeness (QED) is 0.671. The molecule has 0 aliphatic heterocycles. The number of aromatic nitrogens is 1. The van der Waals surface area contributed by atoms with Gasteiger partial charge in [-0.2, -0.15) is 0 Å². The summed E-state index contributed by atoms with van der Waals surface area (Å²) in [6.07, 6.45) is 0.421. The number of pyridine rings is 1.